The van der Waals surface area contributed by atoms with E-state index < -0.39 is 4.92 Å². The molecule has 0 aliphatic rings. The quantitative estimate of drug-likeness (QED) is 0.265. The van der Waals surface area contributed by atoms with E-state index in [9.17, 15) is 10.1 Å². The van der Waals surface area contributed by atoms with Gasteiger partial charge in [-0.25, -0.2) is 4.99 Å². The van der Waals surface area contributed by atoms with Gasteiger partial charge in [0.2, 0.25) is 0 Å². The Labute approximate surface area is 145 Å². The van der Waals surface area contributed by atoms with Crippen LogP contribution in [0.4, 0.5) is 11.4 Å². The molecule has 3 N–H and O–H groups in total. The van der Waals surface area contributed by atoms with Crippen molar-refractivity contribution in [3.05, 3.63) is 69.8 Å². The van der Waals surface area contributed by atoms with Gasteiger partial charge in [-0.3, -0.25) is 10.1 Å². The van der Waals surface area contributed by atoms with Crippen LogP contribution in [0.1, 0.15) is 11.1 Å². The van der Waals surface area contributed by atoms with E-state index >= 15 is 0 Å². The Morgan fingerprint density at radius 1 is 1.27 bits per heavy atom. The number of aryl methyl sites for hydroxylation is 1. The van der Waals surface area contributed by atoms with Gasteiger partial charge in [0.05, 0.1) is 17.0 Å². The van der Waals surface area contributed by atoms with Crippen molar-refractivity contribution < 1.29 is 4.92 Å². The van der Waals surface area contributed by atoms with Gasteiger partial charge in [0.1, 0.15) is 0 Å². The first kappa shape index (κ1) is 17.9. The number of benzene rings is 2. The summed E-state index contributed by atoms with van der Waals surface area (Å²) in [7, 11) is 0. The molecule has 0 amide bonds. The summed E-state index contributed by atoms with van der Waals surface area (Å²) in [6, 6.07) is 14.2. The highest BCUT2D eigenvalue weighted by molar-refractivity contribution is 14.0. The number of para-hydroxylation sites is 1. The number of guanidine groups is 1. The summed E-state index contributed by atoms with van der Waals surface area (Å²) in [5.74, 6) is 0.221. The van der Waals surface area contributed by atoms with E-state index in [0.717, 1.165) is 11.3 Å². The van der Waals surface area contributed by atoms with Crippen molar-refractivity contribution in [3.8, 4) is 0 Å². The Balaban J connectivity index is 0.00000242. The number of halogens is 1. The van der Waals surface area contributed by atoms with Crippen molar-refractivity contribution >= 4 is 41.3 Å². The third kappa shape index (κ3) is 4.99. The van der Waals surface area contributed by atoms with Crippen LogP contribution in [0.2, 0.25) is 0 Å². The lowest BCUT2D eigenvalue weighted by Gasteiger charge is -2.06. The lowest BCUT2D eigenvalue weighted by atomic mass is 10.2. The lowest BCUT2D eigenvalue weighted by Crippen LogP contribution is -2.22. The fraction of sp³-hybridized carbons (Fsp3) is 0.133. The molecule has 0 unspecified atom stereocenters. The van der Waals surface area contributed by atoms with Crippen molar-refractivity contribution in [2.75, 3.05) is 5.32 Å². The van der Waals surface area contributed by atoms with Gasteiger partial charge in [0.25, 0.3) is 5.69 Å². The van der Waals surface area contributed by atoms with E-state index in [4.69, 9.17) is 5.73 Å². The third-order valence-electron chi connectivity index (χ3n) is 2.90. The lowest BCUT2D eigenvalue weighted by molar-refractivity contribution is -0.385. The maximum atomic E-state index is 10.9. The van der Waals surface area contributed by atoms with Gasteiger partial charge >= 0.3 is 0 Å². The monoisotopic (exact) mass is 412 g/mol. The molecule has 0 heterocycles. The molecule has 0 spiro atoms. The zero-order chi connectivity index (χ0) is 15.2. The second kappa shape index (κ2) is 8.32. The zero-order valence-electron chi connectivity index (χ0n) is 12.0. The number of hydrogen-bond acceptors (Lipinski definition) is 3. The molecule has 0 aliphatic heterocycles. The van der Waals surface area contributed by atoms with Crippen molar-refractivity contribution in [1.29, 1.82) is 0 Å². The summed E-state index contributed by atoms with van der Waals surface area (Å²) < 4.78 is 0. The van der Waals surface area contributed by atoms with Crippen LogP contribution in [-0.2, 0) is 6.54 Å². The molecule has 0 saturated carbocycles. The van der Waals surface area contributed by atoms with Gasteiger partial charge in [0.15, 0.2) is 5.96 Å². The normalized spacial score (nSPS) is 10.7. The molecular weight excluding hydrogens is 395 g/mol. The predicted molar refractivity (Wildman–Crippen MR) is 98.6 cm³/mol. The first-order valence-corrected chi connectivity index (χ1v) is 6.42. The summed E-state index contributed by atoms with van der Waals surface area (Å²) in [6.45, 7) is 2.13. The van der Waals surface area contributed by atoms with Crippen molar-refractivity contribution in [3.63, 3.8) is 0 Å². The standard InChI is InChI=1S/C15H16N4O2.HI/c1-11-5-4-7-13(9-11)18-15(16)17-10-12-6-2-3-8-14(12)19(20)21;/h2-9H,10H2,1H3,(H3,16,17,18);1H. The van der Waals surface area contributed by atoms with Gasteiger partial charge in [0, 0.05) is 11.8 Å². The van der Waals surface area contributed by atoms with Crippen LogP contribution in [0.15, 0.2) is 53.5 Å². The van der Waals surface area contributed by atoms with Gasteiger partial charge in [-0.1, -0.05) is 30.3 Å². The third-order valence-corrected chi connectivity index (χ3v) is 2.90. The summed E-state index contributed by atoms with van der Waals surface area (Å²) in [5, 5.41) is 13.9. The molecule has 0 radical (unpaired) electrons. The molecule has 7 heteroatoms. The van der Waals surface area contributed by atoms with Gasteiger partial charge in [-0.05, 0) is 24.6 Å². The molecule has 0 atom stereocenters. The number of aliphatic imine (C=N–C) groups is 1. The van der Waals surface area contributed by atoms with E-state index in [1.165, 1.54) is 6.07 Å². The second-order valence-electron chi connectivity index (χ2n) is 4.58. The van der Waals surface area contributed by atoms with Gasteiger partial charge in [-0.15, -0.1) is 24.0 Å². The number of nitro groups is 1. The molecule has 116 valence electrons. The maximum absolute atomic E-state index is 10.9. The first-order chi connectivity index (χ1) is 10.1. The molecular formula is C15H17IN4O2. The fourth-order valence-corrected chi connectivity index (χ4v) is 1.90. The van der Waals surface area contributed by atoms with Crippen LogP contribution in [0.25, 0.3) is 0 Å². The molecule has 2 aromatic rings. The highest BCUT2D eigenvalue weighted by atomic mass is 127. The first-order valence-electron chi connectivity index (χ1n) is 6.42. The highest BCUT2D eigenvalue weighted by Crippen LogP contribution is 2.18. The average molecular weight is 412 g/mol. The number of nitrogens with one attached hydrogen (secondary N) is 1. The van der Waals surface area contributed by atoms with Gasteiger partial charge < -0.3 is 11.1 Å². The number of rotatable bonds is 4. The molecule has 22 heavy (non-hydrogen) atoms. The van der Waals surface area contributed by atoms with Crippen LogP contribution in [0, 0.1) is 17.0 Å². The van der Waals surface area contributed by atoms with E-state index in [1.807, 2.05) is 31.2 Å². The number of anilines is 1. The molecule has 6 nitrogen and oxygen atoms in total. The SMILES string of the molecule is Cc1cccc(NC(N)=NCc2ccccc2[N+](=O)[O-])c1.I. The number of hydrogen-bond donors (Lipinski definition) is 2. The van der Waals surface area contributed by atoms with E-state index in [-0.39, 0.29) is 42.2 Å². The molecule has 0 bridgehead atoms. The van der Waals surface area contributed by atoms with Crippen LogP contribution in [-0.4, -0.2) is 10.9 Å². The maximum Gasteiger partial charge on any atom is 0.274 e. The number of nitrogens with zero attached hydrogens (tertiary/aromatic N) is 2. The Hall–Kier alpha value is -2.16. The summed E-state index contributed by atoms with van der Waals surface area (Å²) in [4.78, 5) is 14.6. The van der Waals surface area contributed by atoms with Crippen LogP contribution in [0.3, 0.4) is 0 Å². The molecule has 0 aliphatic carbocycles. The Morgan fingerprint density at radius 3 is 2.68 bits per heavy atom. The van der Waals surface area contributed by atoms with Crippen LogP contribution < -0.4 is 11.1 Å². The molecule has 0 fully saturated rings. The minimum absolute atomic E-state index is 0. The van der Waals surface area contributed by atoms with Crippen LogP contribution in [0.5, 0.6) is 0 Å². The molecule has 0 saturated heterocycles. The van der Waals surface area contributed by atoms with Crippen molar-refractivity contribution in [2.45, 2.75) is 13.5 Å². The van der Waals surface area contributed by atoms with E-state index in [0.29, 0.717) is 5.56 Å². The van der Waals surface area contributed by atoms with Gasteiger partial charge in [-0.2, -0.15) is 0 Å². The number of nitro benzene ring substituents is 1. The Bertz CT molecular complexity index is 689. The predicted octanol–water partition coefficient (Wildman–Crippen LogP) is 3.45. The Kier molecular flexibility index (Phi) is 6.77. The Morgan fingerprint density at radius 2 is 2.00 bits per heavy atom. The van der Waals surface area contributed by atoms with E-state index in [1.54, 1.807) is 18.2 Å². The van der Waals surface area contributed by atoms with E-state index in [2.05, 4.69) is 10.3 Å². The molecule has 2 aromatic carbocycles. The highest BCUT2D eigenvalue weighted by Gasteiger charge is 2.11. The topological polar surface area (TPSA) is 93.5 Å². The molecule has 2 rings (SSSR count). The minimum Gasteiger partial charge on any atom is -0.370 e. The van der Waals surface area contributed by atoms with Crippen LogP contribution >= 0.6 is 24.0 Å². The average Bonchev–Trinajstić information content (AvgIpc) is 2.45. The largest absolute Gasteiger partial charge is 0.370 e. The van der Waals surface area contributed by atoms with Crippen molar-refractivity contribution in [2.24, 2.45) is 10.7 Å². The van der Waals surface area contributed by atoms with Crippen molar-refractivity contribution in [1.82, 2.24) is 0 Å². The fourth-order valence-electron chi connectivity index (χ4n) is 1.90. The second-order valence-corrected chi connectivity index (χ2v) is 4.58. The summed E-state index contributed by atoms with van der Waals surface area (Å²) >= 11 is 0. The minimum atomic E-state index is -0.422. The smallest absolute Gasteiger partial charge is 0.274 e. The zero-order valence-corrected chi connectivity index (χ0v) is 14.4. The molecule has 0 aromatic heterocycles. The summed E-state index contributed by atoms with van der Waals surface area (Å²) in [5.41, 5.74) is 8.30. The summed E-state index contributed by atoms with van der Waals surface area (Å²) in [6.07, 6.45) is 0. The number of nitrogens with two attached hydrogens (primary N) is 1.